The maximum absolute atomic E-state index is 14.4. The van der Waals surface area contributed by atoms with E-state index in [1.807, 2.05) is 19.9 Å². The van der Waals surface area contributed by atoms with E-state index in [1.165, 1.54) is 19.3 Å². The summed E-state index contributed by atoms with van der Waals surface area (Å²) in [5, 5.41) is 49.8. The molecule has 3 heterocycles. The lowest BCUT2D eigenvalue weighted by molar-refractivity contribution is -0.699. The van der Waals surface area contributed by atoms with Crippen molar-refractivity contribution >= 4 is 5.78 Å². The number of carbonyl (C=O) groups excluding carboxylic acids is 1. The van der Waals surface area contributed by atoms with Crippen LogP contribution < -0.4 is 11.1 Å². The van der Waals surface area contributed by atoms with E-state index in [1.54, 1.807) is 0 Å². The minimum absolute atomic E-state index is 0.0117. The number of rotatable bonds is 9. The fraction of sp³-hybridized carbons (Fsp3) is 0.932. The van der Waals surface area contributed by atoms with E-state index in [-0.39, 0.29) is 47.8 Å². The summed E-state index contributed by atoms with van der Waals surface area (Å²) in [6.07, 6.45) is 17.5. The Morgan fingerprint density at radius 2 is 1.77 bits per heavy atom. The first-order valence-corrected chi connectivity index (χ1v) is 22.0. The molecule has 53 heavy (non-hydrogen) atoms. The first-order valence-electron chi connectivity index (χ1n) is 22.0. The minimum atomic E-state index is -1.29. The molecule has 3 aliphatic heterocycles. The van der Waals surface area contributed by atoms with E-state index in [9.17, 15) is 25.2 Å². The number of nitrogens with two attached hydrogens (primary N) is 2. The number of fused-ring (bicyclic) bond motifs is 5. The highest BCUT2D eigenvalue weighted by Gasteiger charge is 2.75. The lowest BCUT2D eigenvalue weighted by atomic mass is 9.41. The fourth-order valence-corrected chi connectivity index (χ4v) is 14.7. The van der Waals surface area contributed by atoms with Gasteiger partial charge in [0.1, 0.15) is 24.0 Å². The number of ether oxygens (including phenoxy) is 2. The molecule has 15 unspecified atom stereocenters. The van der Waals surface area contributed by atoms with Crippen molar-refractivity contribution in [2.24, 2.45) is 57.5 Å². The molecule has 8 N–H and O–H groups in total. The molecule has 0 aromatic rings. The molecule has 8 rings (SSSR count). The summed E-state index contributed by atoms with van der Waals surface area (Å²) < 4.78 is 13.8. The summed E-state index contributed by atoms with van der Waals surface area (Å²) in [6, 6.07) is 0. The van der Waals surface area contributed by atoms with Crippen LogP contribution in [0.15, 0.2) is 11.6 Å². The molecule has 15 atom stereocenters. The molecule has 8 aliphatic rings. The first-order chi connectivity index (χ1) is 25.1. The van der Waals surface area contributed by atoms with E-state index in [2.05, 4.69) is 19.2 Å². The fourth-order valence-electron chi connectivity index (χ4n) is 14.7. The molecule has 0 spiro atoms. The summed E-state index contributed by atoms with van der Waals surface area (Å²) in [7, 11) is 0. The number of piperidine rings is 1. The van der Waals surface area contributed by atoms with E-state index in [0.29, 0.717) is 43.6 Å². The smallest absolute Gasteiger partial charge is 0.159 e. The Bertz CT molecular complexity index is 1420. The number of aliphatic hydroxyl groups is 4. The molecule has 9 heteroatoms. The largest absolute Gasteiger partial charge is 0.396 e. The Morgan fingerprint density at radius 1 is 1.00 bits per heavy atom. The second-order valence-corrected chi connectivity index (χ2v) is 20.8. The molecule has 0 bridgehead atoms. The third kappa shape index (κ3) is 5.93. The normalized spacial score (nSPS) is 49.9. The molecule has 0 amide bonds. The number of epoxide rings is 1. The Kier molecular flexibility index (Phi) is 10.2. The second-order valence-electron chi connectivity index (χ2n) is 20.8. The van der Waals surface area contributed by atoms with E-state index >= 15 is 0 Å². The van der Waals surface area contributed by atoms with Crippen LogP contribution in [0.1, 0.15) is 143 Å². The SMILES string of the molecule is CC1CCOC(C2OC2C(C)(O)C(C)(CO)CCC2CC[NH2+]C(N)C2)(C2CCC3(O)C4=CC(=O)C5CC(O)CCC5(C5CCCCC5)C4CCC23C)C1. The zero-order valence-electron chi connectivity index (χ0n) is 33.4. The molecule has 3 saturated heterocycles. The summed E-state index contributed by atoms with van der Waals surface area (Å²) in [6.45, 7) is 9.97. The van der Waals surface area contributed by atoms with Crippen molar-refractivity contribution in [2.75, 3.05) is 19.8 Å². The number of ketones is 1. The maximum Gasteiger partial charge on any atom is 0.159 e. The topological polar surface area (TPSA) is 162 Å². The van der Waals surface area contributed by atoms with Gasteiger partial charge in [0.15, 0.2) is 5.78 Å². The molecule has 0 radical (unpaired) electrons. The van der Waals surface area contributed by atoms with Crippen LogP contribution in [0.3, 0.4) is 0 Å². The predicted molar refractivity (Wildman–Crippen MR) is 202 cm³/mol. The Balaban J connectivity index is 1.10. The maximum atomic E-state index is 14.4. The molecular weight excluding hydrogens is 668 g/mol. The van der Waals surface area contributed by atoms with Crippen LogP contribution in [0, 0.1) is 51.8 Å². The van der Waals surface area contributed by atoms with Gasteiger partial charge in [0, 0.05) is 29.8 Å². The number of hydrogen-bond donors (Lipinski definition) is 6. The van der Waals surface area contributed by atoms with Gasteiger partial charge in [0.05, 0.1) is 30.5 Å². The zero-order chi connectivity index (χ0) is 37.6. The van der Waals surface area contributed by atoms with Gasteiger partial charge in [-0.05, 0) is 143 Å². The van der Waals surface area contributed by atoms with Gasteiger partial charge in [-0.1, -0.05) is 40.0 Å². The Hall–Kier alpha value is -0.910. The summed E-state index contributed by atoms with van der Waals surface area (Å²) in [4.78, 5) is 14.4. The van der Waals surface area contributed by atoms with Crippen molar-refractivity contribution in [3.05, 3.63) is 11.6 Å². The van der Waals surface area contributed by atoms with Crippen molar-refractivity contribution < 1.29 is 40.0 Å². The quantitative estimate of drug-likeness (QED) is 0.188. The van der Waals surface area contributed by atoms with Crippen LogP contribution in [-0.2, 0) is 14.3 Å². The average Bonchev–Trinajstić information content (AvgIpc) is 3.91. The van der Waals surface area contributed by atoms with E-state index < -0.39 is 39.8 Å². The highest BCUT2D eigenvalue weighted by atomic mass is 16.6. The van der Waals surface area contributed by atoms with Gasteiger partial charge in [0.2, 0.25) is 0 Å². The van der Waals surface area contributed by atoms with Crippen LogP contribution in [-0.4, -0.2) is 87.2 Å². The Morgan fingerprint density at radius 3 is 2.49 bits per heavy atom. The number of quaternary nitrogens is 1. The van der Waals surface area contributed by atoms with Gasteiger partial charge < -0.3 is 35.2 Å². The van der Waals surface area contributed by atoms with E-state index in [0.717, 1.165) is 89.2 Å². The second kappa shape index (κ2) is 13.9. The molecule has 4 saturated carbocycles. The van der Waals surface area contributed by atoms with Gasteiger partial charge in [-0.2, -0.15) is 0 Å². The third-order valence-electron chi connectivity index (χ3n) is 18.1. The monoisotopic (exact) mass is 742 g/mol. The molecule has 300 valence electrons. The van der Waals surface area contributed by atoms with Crippen LogP contribution in [0.4, 0.5) is 0 Å². The summed E-state index contributed by atoms with van der Waals surface area (Å²) >= 11 is 0. The van der Waals surface area contributed by atoms with Gasteiger partial charge in [-0.15, -0.1) is 0 Å². The van der Waals surface area contributed by atoms with Gasteiger partial charge >= 0.3 is 0 Å². The lowest BCUT2D eigenvalue weighted by Crippen LogP contribution is -2.94. The van der Waals surface area contributed by atoms with Crippen molar-refractivity contribution in [2.45, 2.75) is 185 Å². The van der Waals surface area contributed by atoms with Gasteiger partial charge in [-0.3, -0.25) is 10.5 Å². The molecule has 5 aliphatic carbocycles. The van der Waals surface area contributed by atoms with E-state index in [4.69, 9.17) is 15.2 Å². The zero-order valence-corrected chi connectivity index (χ0v) is 33.4. The van der Waals surface area contributed by atoms with Gasteiger partial charge in [0.25, 0.3) is 0 Å². The van der Waals surface area contributed by atoms with Crippen molar-refractivity contribution in [3.8, 4) is 0 Å². The predicted octanol–water partition coefficient (Wildman–Crippen LogP) is 4.52. The van der Waals surface area contributed by atoms with Crippen LogP contribution in [0.2, 0.25) is 0 Å². The first kappa shape index (κ1) is 38.9. The Labute approximate surface area is 318 Å². The summed E-state index contributed by atoms with van der Waals surface area (Å²) in [5.41, 5.74) is 2.71. The third-order valence-corrected chi connectivity index (χ3v) is 18.1. The lowest BCUT2D eigenvalue weighted by Gasteiger charge is -2.64. The number of carbonyl (C=O) groups is 1. The van der Waals surface area contributed by atoms with Crippen molar-refractivity contribution in [1.29, 1.82) is 0 Å². The van der Waals surface area contributed by atoms with Crippen molar-refractivity contribution in [3.63, 3.8) is 0 Å². The minimum Gasteiger partial charge on any atom is -0.396 e. The number of aliphatic hydroxyl groups excluding tert-OH is 2. The molecular formula is C44H73N2O7+. The standard InChI is InChI=1S/C44H72N2O7/c1-27-15-21-52-43(25-27,38-37(53-38)41(4,50)39(2,26-47)16-10-28-14-20-46-36(45)22-28)35-13-19-44(51)32-24-34(49)33-23-30(48)11-18-42(33,29-8-6-5-7-9-29)31(32)12-17-40(35,44)3/h24,27-31,33,35-38,46-48,50-51H,5-23,25-26,45H2,1-4H3/p+1. The summed E-state index contributed by atoms with van der Waals surface area (Å²) in [5.74, 6) is 1.48. The molecule has 0 aromatic carbocycles. The van der Waals surface area contributed by atoms with Crippen LogP contribution >= 0.6 is 0 Å². The molecule has 7 fully saturated rings. The highest BCUT2D eigenvalue weighted by Crippen LogP contribution is 2.72. The average molecular weight is 742 g/mol. The van der Waals surface area contributed by atoms with Crippen molar-refractivity contribution in [1.82, 2.24) is 0 Å². The highest BCUT2D eigenvalue weighted by molar-refractivity contribution is 5.95. The number of hydrogen-bond acceptors (Lipinski definition) is 8. The molecule has 0 aromatic heterocycles. The number of allylic oxidation sites excluding steroid dienone is 1. The van der Waals surface area contributed by atoms with Crippen LogP contribution in [0.5, 0.6) is 0 Å². The van der Waals surface area contributed by atoms with Crippen LogP contribution in [0.25, 0.3) is 0 Å². The van der Waals surface area contributed by atoms with Gasteiger partial charge in [-0.25, -0.2) is 0 Å². The molecule has 9 nitrogen and oxygen atoms in total.